The highest BCUT2D eigenvalue weighted by Gasteiger charge is 2.44. The van der Waals surface area contributed by atoms with Crippen molar-refractivity contribution in [3.8, 4) is 33.9 Å². The molecule has 4 heterocycles. The first-order valence-electron chi connectivity index (χ1n) is 21.6. The summed E-state index contributed by atoms with van der Waals surface area (Å²) in [5.74, 6) is 0. The number of nitrogens with zero attached hydrogens (tertiary/aromatic N) is 3. The summed E-state index contributed by atoms with van der Waals surface area (Å²) in [7, 11) is 0. The number of anilines is 3. The lowest BCUT2D eigenvalue weighted by Crippen LogP contribution is -2.59. The van der Waals surface area contributed by atoms with Gasteiger partial charge in [0.15, 0.2) is 0 Å². The second-order valence-electron chi connectivity index (χ2n) is 18.8. The Labute approximate surface area is 354 Å². The molecule has 11 rings (SSSR count). The van der Waals surface area contributed by atoms with Gasteiger partial charge in [0.05, 0.1) is 17.1 Å². The maximum Gasteiger partial charge on any atom is 0.252 e. The van der Waals surface area contributed by atoms with Gasteiger partial charge >= 0.3 is 0 Å². The molecule has 0 N–H and O–H groups in total. The van der Waals surface area contributed by atoms with Crippen molar-refractivity contribution in [2.75, 3.05) is 4.90 Å². The molecular weight excluding hydrogens is 725 g/mol. The number of hydrogen-bond donors (Lipinski definition) is 0. The zero-order chi connectivity index (χ0) is 41.1. The minimum absolute atomic E-state index is 0.0361. The molecular formula is C56H50BN3. The Morgan fingerprint density at radius 2 is 1.00 bits per heavy atom. The van der Waals surface area contributed by atoms with Crippen LogP contribution in [0.25, 0.3) is 55.7 Å². The van der Waals surface area contributed by atoms with E-state index >= 15 is 0 Å². The molecule has 4 heteroatoms. The molecule has 0 fully saturated rings. The van der Waals surface area contributed by atoms with Gasteiger partial charge in [0.1, 0.15) is 0 Å². The van der Waals surface area contributed by atoms with Crippen LogP contribution in [-0.4, -0.2) is 15.8 Å². The number of aryl methyl sites for hydroxylation is 1. The molecule has 2 aliphatic rings. The second-order valence-corrected chi connectivity index (χ2v) is 18.8. The van der Waals surface area contributed by atoms with E-state index in [0.29, 0.717) is 0 Å². The van der Waals surface area contributed by atoms with Crippen LogP contribution in [0.2, 0.25) is 0 Å². The highest BCUT2D eigenvalue weighted by atomic mass is 15.2. The van der Waals surface area contributed by atoms with E-state index in [0.717, 1.165) is 23.5 Å². The normalized spacial score (nSPS) is 12.9. The summed E-state index contributed by atoms with van der Waals surface area (Å²) < 4.78 is 5.33. The van der Waals surface area contributed by atoms with Crippen molar-refractivity contribution < 1.29 is 0 Å². The third-order valence-electron chi connectivity index (χ3n) is 13.1. The Kier molecular flexibility index (Phi) is 8.07. The first kappa shape index (κ1) is 36.6. The predicted molar refractivity (Wildman–Crippen MR) is 257 cm³/mol. The quantitative estimate of drug-likeness (QED) is 0.153. The van der Waals surface area contributed by atoms with Crippen LogP contribution < -0.4 is 21.3 Å². The summed E-state index contributed by atoms with van der Waals surface area (Å²) in [5, 5.41) is 2.70. The SMILES string of the molecule is CCc1c(-c2ccccc2)n2c3c(cc(C(C)(C)C)cc13)B1c3c-2cc(N(c2ccccc2)c2ccccc2)cc3-n2c(-c3ccccc3)c(C(C)(C)C)c3cccc1c32. The van der Waals surface area contributed by atoms with E-state index in [-0.39, 0.29) is 17.5 Å². The van der Waals surface area contributed by atoms with Crippen molar-refractivity contribution in [2.45, 2.75) is 65.7 Å². The van der Waals surface area contributed by atoms with Crippen LogP contribution in [-0.2, 0) is 17.3 Å². The smallest absolute Gasteiger partial charge is 0.252 e. The molecule has 0 aliphatic carbocycles. The molecule has 2 aromatic heterocycles. The van der Waals surface area contributed by atoms with E-state index in [2.05, 4.69) is 226 Å². The van der Waals surface area contributed by atoms with Gasteiger partial charge in [-0.15, -0.1) is 0 Å². The number of fused-ring (bicyclic) bond motifs is 4. The number of rotatable bonds is 6. The summed E-state index contributed by atoms with van der Waals surface area (Å²) in [6.45, 7) is 16.6. The maximum atomic E-state index is 2.67. The van der Waals surface area contributed by atoms with Crippen LogP contribution in [0, 0.1) is 0 Å². The van der Waals surface area contributed by atoms with Gasteiger partial charge in [-0.2, -0.15) is 0 Å². The van der Waals surface area contributed by atoms with Crippen molar-refractivity contribution in [3.05, 3.63) is 180 Å². The largest absolute Gasteiger partial charge is 0.310 e. The molecule has 0 bridgehead atoms. The van der Waals surface area contributed by atoms with Crippen LogP contribution in [0.15, 0.2) is 164 Å². The van der Waals surface area contributed by atoms with E-state index in [1.54, 1.807) is 0 Å². The van der Waals surface area contributed by atoms with Gasteiger partial charge in [0.25, 0.3) is 6.71 Å². The van der Waals surface area contributed by atoms with Crippen LogP contribution in [0.4, 0.5) is 17.1 Å². The lowest BCUT2D eigenvalue weighted by atomic mass is 9.34. The summed E-state index contributed by atoms with van der Waals surface area (Å²) in [6, 6.07) is 61.2. The monoisotopic (exact) mass is 775 g/mol. The van der Waals surface area contributed by atoms with Crippen molar-refractivity contribution in [3.63, 3.8) is 0 Å². The molecule has 0 amide bonds. The van der Waals surface area contributed by atoms with Crippen LogP contribution in [0.1, 0.15) is 65.2 Å². The molecule has 9 aromatic rings. The number of hydrogen-bond acceptors (Lipinski definition) is 1. The van der Waals surface area contributed by atoms with Crippen molar-refractivity contribution >= 4 is 62.0 Å². The summed E-state index contributed by atoms with van der Waals surface area (Å²) in [6.07, 6.45) is 0.927. The van der Waals surface area contributed by atoms with Crippen molar-refractivity contribution in [1.29, 1.82) is 0 Å². The number of para-hydroxylation sites is 3. The Morgan fingerprint density at radius 3 is 1.53 bits per heavy atom. The van der Waals surface area contributed by atoms with E-state index in [4.69, 9.17) is 0 Å². The fourth-order valence-corrected chi connectivity index (χ4v) is 10.6. The lowest BCUT2D eigenvalue weighted by molar-refractivity contribution is 0.591. The maximum absolute atomic E-state index is 2.67. The Hall–Kier alpha value is -6.52. The van der Waals surface area contributed by atoms with Gasteiger partial charge in [-0.1, -0.05) is 170 Å². The third kappa shape index (κ3) is 5.29. The minimum atomic E-state index is -0.130. The molecule has 0 spiro atoms. The Bertz CT molecular complexity index is 3090. The molecule has 0 atom stereocenters. The zero-order valence-corrected chi connectivity index (χ0v) is 35.7. The average Bonchev–Trinajstić information content (AvgIpc) is 3.80. The van der Waals surface area contributed by atoms with Gasteiger partial charge in [0, 0.05) is 44.6 Å². The minimum Gasteiger partial charge on any atom is -0.310 e. The Balaban J connectivity index is 1.39. The second kappa shape index (κ2) is 13.2. The average molecular weight is 776 g/mol. The first-order valence-corrected chi connectivity index (χ1v) is 21.6. The number of aromatic nitrogens is 2. The fourth-order valence-electron chi connectivity index (χ4n) is 10.6. The molecule has 60 heavy (non-hydrogen) atoms. The highest BCUT2D eigenvalue weighted by Crippen LogP contribution is 2.48. The summed E-state index contributed by atoms with van der Waals surface area (Å²) >= 11 is 0. The predicted octanol–water partition coefficient (Wildman–Crippen LogP) is 12.7. The van der Waals surface area contributed by atoms with E-state index in [1.807, 2.05) is 0 Å². The summed E-state index contributed by atoms with van der Waals surface area (Å²) in [4.78, 5) is 2.45. The van der Waals surface area contributed by atoms with E-state index in [1.165, 1.54) is 88.8 Å². The highest BCUT2D eigenvalue weighted by molar-refractivity contribution is 7.00. The lowest BCUT2D eigenvalue weighted by Gasteiger charge is -2.37. The topological polar surface area (TPSA) is 13.1 Å². The van der Waals surface area contributed by atoms with Gasteiger partial charge in [-0.25, -0.2) is 0 Å². The molecule has 292 valence electrons. The molecule has 0 unspecified atom stereocenters. The van der Waals surface area contributed by atoms with Crippen molar-refractivity contribution in [1.82, 2.24) is 9.13 Å². The molecule has 0 saturated heterocycles. The third-order valence-corrected chi connectivity index (χ3v) is 13.1. The number of benzene rings is 7. The van der Waals surface area contributed by atoms with Crippen LogP contribution in [0.5, 0.6) is 0 Å². The van der Waals surface area contributed by atoms with Gasteiger partial charge in [0.2, 0.25) is 0 Å². The zero-order valence-electron chi connectivity index (χ0n) is 35.7. The molecule has 3 nitrogen and oxygen atoms in total. The van der Waals surface area contributed by atoms with Gasteiger partial charge in [-0.3, -0.25) is 0 Å². The molecule has 7 aromatic carbocycles. The van der Waals surface area contributed by atoms with Crippen LogP contribution >= 0.6 is 0 Å². The van der Waals surface area contributed by atoms with Gasteiger partial charge < -0.3 is 14.0 Å². The standard InChI is InChI=1S/C56H50BN3/c1-8-42-44-32-38(55(2,3)4)33-46-54(44)59(51(42)36-22-13-9-14-23-36)47-34-41(58(39-26-17-11-18-27-39)40-28-19-12-20-29-40)35-48-50(47)57(46)45-31-21-30-43-49(56(5,6)7)52(60(48)53(43)45)37-24-15-10-16-25-37/h9-35H,8H2,1-7H3. The Morgan fingerprint density at radius 1 is 0.483 bits per heavy atom. The first-order chi connectivity index (χ1) is 29.0. The van der Waals surface area contributed by atoms with Crippen molar-refractivity contribution in [2.24, 2.45) is 0 Å². The summed E-state index contributed by atoms with van der Waals surface area (Å²) in [5.41, 5.74) is 21.7. The van der Waals surface area contributed by atoms with E-state index in [9.17, 15) is 0 Å². The van der Waals surface area contributed by atoms with Gasteiger partial charge in [-0.05, 0) is 104 Å². The molecule has 2 aliphatic heterocycles. The molecule has 0 saturated carbocycles. The van der Waals surface area contributed by atoms with Crippen LogP contribution in [0.3, 0.4) is 0 Å². The molecule has 0 radical (unpaired) electrons. The fraction of sp³-hybridized carbons (Fsp3) is 0.179. The van der Waals surface area contributed by atoms with E-state index < -0.39 is 0 Å².